The summed E-state index contributed by atoms with van der Waals surface area (Å²) in [6.07, 6.45) is 30.0. The molecule has 2 atom stereocenters. The summed E-state index contributed by atoms with van der Waals surface area (Å²) in [5, 5.41) is 19.2. The van der Waals surface area contributed by atoms with Gasteiger partial charge in [0.05, 0.1) is 13.2 Å². The molecule has 37 heavy (non-hydrogen) atoms. The summed E-state index contributed by atoms with van der Waals surface area (Å²) in [4.78, 5) is 13.2. The molecule has 0 spiro atoms. The molecule has 220 valence electrons. The third kappa shape index (κ3) is 20.9. The number of rotatable bonds is 29. The molecule has 0 heterocycles. The number of unbranched alkanes of at least 4 members (excludes halogenated alkanes) is 16. The van der Waals surface area contributed by atoms with Crippen LogP contribution in [0.3, 0.4) is 0 Å². The molecule has 2 N–H and O–H groups in total. The number of aliphatic hydroxyl groups excluding tert-OH is 2. The molecule has 0 aliphatic carbocycles. The van der Waals surface area contributed by atoms with Crippen molar-refractivity contribution in [2.75, 3.05) is 13.2 Å². The van der Waals surface area contributed by atoms with E-state index in [0.717, 1.165) is 44.9 Å². The summed E-state index contributed by atoms with van der Waals surface area (Å²) in [6, 6.07) is 0. The van der Waals surface area contributed by atoms with Crippen LogP contribution in [0.4, 0.5) is 0 Å². The zero-order valence-corrected chi connectivity index (χ0v) is 25.1. The molecule has 2 unspecified atom stereocenters. The van der Waals surface area contributed by atoms with E-state index in [4.69, 9.17) is 4.74 Å². The Morgan fingerprint density at radius 2 is 1.11 bits per heavy atom. The van der Waals surface area contributed by atoms with Gasteiger partial charge < -0.3 is 14.9 Å². The quantitative estimate of drug-likeness (QED) is 0.0755. The van der Waals surface area contributed by atoms with Gasteiger partial charge in [0.1, 0.15) is 11.7 Å². The van der Waals surface area contributed by atoms with E-state index in [-0.39, 0.29) is 19.0 Å². The van der Waals surface area contributed by atoms with Crippen molar-refractivity contribution < 1.29 is 19.7 Å². The van der Waals surface area contributed by atoms with Crippen molar-refractivity contribution in [1.82, 2.24) is 0 Å². The Labute approximate surface area is 231 Å². The Morgan fingerprint density at radius 1 is 0.676 bits per heavy atom. The lowest BCUT2D eigenvalue weighted by atomic mass is 9.83. The van der Waals surface area contributed by atoms with Gasteiger partial charge >= 0.3 is 0 Å². The lowest BCUT2D eigenvalue weighted by Crippen LogP contribution is -2.44. The molecule has 0 amide bonds. The summed E-state index contributed by atoms with van der Waals surface area (Å²) in [6.45, 7) is 6.24. The van der Waals surface area contributed by atoms with Crippen molar-refractivity contribution in [1.29, 1.82) is 0 Å². The zero-order chi connectivity index (χ0) is 27.5. The Balaban J connectivity index is 4.43. The number of aliphatic hydroxyl groups is 2. The molecule has 0 radical (unpaired) electrons. The minimum absolute atomic E-state index is 0.0346. The minimum Gasteiger partial charge on any atom is -0.394 e. The van der Waals surface area contributed by atoms with Gasteiger partial charge in [-0.2, -0.15) is 0 Å². The highest BCUT2D eigenvalue weighted by Gasteiger charge is 2.37. The molecule has 0 bridgehead atoms. The number of carbonyl (C=O) groups is 1. The number of Topliss-reactive ketones (excluding diaryl/α,β-unsaturated/α-hetero) is 1. The summed E-state index contributed by atoms with van der Waals surface area (Å²) < 4.78 is 6.17. The van der Waals surface area contributed by atoms with Gasteiger partial charge in [-0.1, -0.05) is 129 Å². The van der Waals surface area contributed by atoms with E-state index in [2.05, 4.69) is 26.0 Å². The van der Waals surface area contributed by atoms with Crippen LogP contribution in [0, 0.1) is 0 Å². The Hall–Kier alpha value is -0.710. The number of ether oxygens (including phenoxy) is 1. The average molecular weight is 525 g/mol. The van der Waals surface area contributed by atoms with E-state index in [9.17, 15) is 15.0 Å². The molecule has 4 heteroatoms. The van der Waals surface area contributed by atoms with E-state index in [1.54, 1.807) is 0 Å². The topological polar surface area (TPSA) is 66.8 Å². The normalized spacial score (nSPS) is 14.3. The van der Waals surface area contributed by atoms with E-state index in [1.165, 1.54) is 96.3 Å². The Morgan fingerprint density at radius 3 is 1.54 bits per heavy atom. The van der Waals surface area contributed by atoms with Crippen LogP contribution in [0.1, 0.15) is 168 Å². The van der Waals surface area contributed by atoms with Gasteiger partial charge in [0.25, 0.3) is 0 Å². The van der Waals surface area contributed by atoms with Crippen LogP contribution in [0.5, 0.6) is 0 Å². The maximum absolute atomic E-state index is 13.2. The van der Waals surface area contributed by atoms with Crippen molar-refractivity contribution in [2.45, 2.75) is 180 Å². The average Bonchev–Trinajstić information content (AvgIpc) is 2.90. The molecule has 0 saturated carbocycles. The number of hydrogen-bond acceptors (Lipinski definition) is 4. The van der Waals surface area contributed by atoms with E-state index in [1.807, 2.05) is 6.92 Å². The summed E-state index contributed by atoms with van der Waals surface area (Å²) in [7, 11) is 0. The second-order valence-corrected chi connectivity index (χ2v) is 11.2. The molecular formula is C33H64O4. The molecule has 0 aromatic carbocycles. The van der Waals surface area contributed by atoms with Crippen LogP contribution in [0.2, 0.25) is 0 Å². The lowest BCUT2D eigenvalue weighted by Gasteiger charge is -2.34. The zero-order valence-electron chi connectivity index (χ0n) is 25.1. The SMILES string of the molecule is CCCCCCCC/C=C\CCCCCCCC(CCCCCCCC)(OCC(O)CO)C(=O)CCC. The molecule has 4 nitrogen and oxygen atoms in total. The maximum Gasteiger partial charge on any atom is 0.164 e. The first kappa shape index (κ1) is 36.3. The molecule has 0 aromatic heterocycles. The fourth-order valence-corrected chi connectivity index (χ4v) is 5.06. The summed E-state index contributed by atoms with van der Waals surface area (Å²) in [5.41, 5.74) is -0.795. The van der Waals surface area contributed by atoms with Crippen LogP contribution in [0.15, 0.2) is 12.2 Å². The van der Waals surface area contributed by atoms with Crippen molar-refractivity contribution in [3.05, 3.63) is 12.2 Å². The molecule has 0 saturated heterocycles. The van der Waals surface area contributed by atoms with Crippen molar-refractivity contribution >= 4 is 5.78 Å². The molecular weight excluding hydrogens is 460 g/mol. The standard InChI is InChI=1S/C33H64O4/c1-4-7-9-11-13-14-15-16-17-18-19-20-21-23-25-28-33(32(36)26-6-3,37-30-31(35)29-34)27-24-22-12-10-8-5-2/h16-17,31,34-35H,4-15,18-30H2,1-3H3/b17-16-. The first-order chi connectivity index (χ1) is 18.1. The molecule has 0 aliphatic rings. The van der Waals surface area contributed by atoms with Gasteiger partial charge in [0, 0.05) is 6.42 Å². The van der Waals surface area contributed by atoms with E-state index in [0.29, 0.717) is 6.42 Å². The second-order valence-electron chi connectivity index (χ2n) is 11.2. The van der Waals surface area contributed by atoms with Gasteiger partial charge in [0.15, 0.2) is 5.78 Å². The van der Waals surface area contributed by atoms with E-state index < -0.39 is 11.7 Å². The summed E-state index contributed by atoms with van der Waals surface area (Å²) >= 11 is 0. The van der Waals surface area contributed by atoms with Gasteiger partial charge in [0.2, 0.25) is 0 Å². The van der Waals surface area contributed by atoms with Crippen molar-refractivity contribution in [2.24, 2.45) is 0 Å². The van der Waals surface area contributed by atoms with Crippen molar-refractivity contribution in [3.8, 4) is 0 Å². The fourth-order valence-electron chi connectivity index (χ4n) is 5.06. The third-order valence-corrected chi connectivity index (χ3v) is 7.52. The first-order valence-electron chi connectivity index (χ1n) is 16.2. The molecule has 0 fully saturated rings. The van der Waals surface area contributed by atoms with Crippen LogP contribution >= 0.6 is 0 Å². The van der Waals surface area contributed by atoms with Crippen molar-refractivity contribution in [3.63, 3.8) is 0 Å². The number of allylic oxidation sites excluding steroid dienone is 2. The molecule has 0 aliphatic heterocycles. The minimum atomic E-state index is -0.924. The number of hydrogen-bond donors (Lipinski definition) is 2. The molecule has 0 aromatic rings. The van der Waals surface area contributed by atoms with Crippen LogP contribution in [-0.2, 0) is 9.53 Å². The summed E-state index contributed by atoms with van der Waals surface area (Å²) in [5.74, 6) is 0.184. The first-order valence-corrected chi connectivity index (χ1v) is 16.2. The number of carbonyl (C=O) groups excluding carboxylic acids is 1. The van der Waals surface area contributed by atoms with Gasteiger partial charge in [-0.25, -0.2) is 0 Å². The largest absolute Gasteiger partial charge is 0.394 e. The number of ketones is 1. The second kappa shape index (κ2) is 26.9. The highest BCUT2D eigenvalue weighted by Crippen LogP contribution is 2.30. The van der Waals surface area contributed by atoms with Crippen LogP contribution < -0.4 is 0 Å². The predicted molar refractivity (Wildman–Crippen MR) is 159 cm³/mol. The Bertz CT molecular complexity index is 518. The van der Waals surface area contributed by atoms with Gasteiger partial charge in [-0.3, -0.25) is 4.79 Å². The van der Waals surface area contributed by atoms with Crippen LogP contribution in [-0.4, -0.2) is 40.9 Å². The highest BCUT2D eigenvalue weighted by molar-refractivity contribution is 5.87. The smallest absolute Gasteiger partial charge is 0.164 e. The predicted octanol–water partition coefficient (Wildman–Crippen LogP) is 9.25. The third-order valence-electron chi connectivity index (χ3n) is 7.52. The molecule has 0 rings (SSSR count). The highest BCUT2D eigenvalue weighted by atomic mass is 16.5. The fraction of sp³-hybridized carbons (Fsp3) is 0.909. The maximum atomic E-state index is 13.2. The lowest BCUT2D eigenvalue weighted by molar-refractivity contribution is -0.153. The van der Waals surface area contributed by atoms with Gasteiger partial charge in [-0.15, -0.1) is 0 Å². The van der Waals surface area contributed by atoms with Gasteiger partial charge in [-0.05, 0) is 44.9 Å². The Kier molecular flexibility index (Phi) is 26.4. The monoisotopic (exact) mass is 524 g/mol. The van der Waals surface area contributed by atoms with E-state index >= 15 is 0 Å². The van der Waals surface area contributed by atoms with Crippen LogP contribution in [0.25, 0.3) is 0 Å².